The van der Waals surface area contributed by atoms with Crippen molar-refractivity contribution in [3.8, 4) is 11.5 Å². The van der Waals surface area contributed by atoms with Gasteiger partial charge >= 0.3 is 5.97 Å². The van der Waals surface area contributed by atoms with E-state index in [0.717, 1.165) is 25.7 Å². The molecule has 24 heavy (non-hydrogen) atoms. The Bertz CT molecular complexity index is 583. The smallest absolute Gasteiger partial charge is 0.328 e. The van der Waals surface area contributed by atoms with Gasteiger partial charge in [0, 0.05) is 12.6 Å². The van der Waals surface area contributed by atoms with Crippen molar-refractivity contribution in [1.29, 1.82) is 0 Å². The predicted molar refractivity (Wildman–Crippen MR) is 95.1 cm³/mol. The fraction of sp³-hybridized carbons (Fsp3) is 0.500. The van der Waals surface area contributed by atoms with E-state index in [9.17, 15) is 4.79 Å². The Morgan fingerprint density at radius 3 is 2.71 bits per heavy atom. The topological polar surface area (TPSA) is 59.0 Å². The maximum Gasteiger partial charge on any atom is 0.328 e. The zero-order valence-electron chi connectivity index (χ0n) is 14.0. The van der Waals surface area contributed by atoms with Gasteiger partial charge in [-0.15, -0.1) is 0 Å². The second-order valence-electron chi connectivity index (χ2n) is 5.69. The lowest BCUT2D eigenvalue weighted by molar-refractivity contribution is -0.131. The molecule has 1 heterocycles. The molecule has 0 radical (unpaired) electrons. The highest BCUT2D eigenvalue weighted by atomic mass is 35.5. The van der Waals surface area contributed by atoms with Crippen molar-refractivity contribution >= 4 is 23.6 Å². The molecule has 1 fully saturated rings. The van der Waals surface area contributed by atoms with Gasteiger partial charge in [0.15, 0.2) is 11.5 Å². The van der Waals surface area contributed by atoms with Crippen LogP contribution in [-0.4, -0.2) is 48.8 Å². The number of carboxylic acids is 1. The number of piperidine rings is 1. The minimum atomic E-state index is -1.01. The van der Waals surface area contributed by atoms with Gasteiger partial charge in [0.25, 0.3) is 0 Å². The summed E-state index contributed by atoms with van der Waals surface area (Å²) in [5.74, 6) is 0.0441. The van der Waals surface area contributed by atoms with Gasteiger partial charge in [0.05, 0.1) is 11.6 Å². The molecule has 0 unspecified atom stereocenters. The molecule has 0 aliphatic carbocycles. The number of benzene rings is 1. The highest BCUT2D eigenvalue weighted by molar-refractivity contribution is 6.32. The third-order valence-corrected chi connectivity index (χ3v) is 4.13. The van der Waals surface area contributed by atoms with E-state index in [4.69, 9.17) is 26.2 Å². The summed E-state index contributed by atoms with van der Waals surface area (Å²) in [6.45, 7) is 6.01. The molecule has 1 aromatic rings. The van der Waals surface area contributed by atoms with Crippen LogP contribution in [0, 0.1) is 0 Å². The van der Waals surface area contributed by atoms with E-state index >= 15 is 0 Å². The maximum atomic E-state index is 10.6. The first-order chi connectivity index (χ1) is 11.6. The fourth-order valence-electron chi connectivity index (χ4n) is 2.71. The summed E-state index contributed by atoms with van der Waals surface area (Å²) in [5, 5.41) is 9.15. The van der Waals surface area contributed by atoms with Gasteiger partial charge in [-0.25, -0.2) is 4.79 Å². The third-order valence-electron chi connectivity index (χ3n) is 3.85. The van der Waals surface area contributed by atoms with E-state index in [0.29, 0.717) is 35.3 Å². The van der Waals surface area contributed by atoms with Crippen LogP contribution in [0.4, 0.5) is 0 Å². The van der Waals surface area contributed by atoms with Crippen molar-refractivity contribution in [2.75, 3.05) is 32.8 Å². The molecular weight excluding hydrogens is 330 g/mol. The van der Waals surface area contributed by atoms with Gasteiger partial charge in [-0.2, -0.15) is 0 Å². The molecule has 1 N–H and O–H groups in total. The normalized spacial score (nSPS) is 15.6. The number of nitrogens with zero attached hydrogens (tertiary/aromatic N) is 1. The lowest BCUT2D eigenvalue weighted by Crippen LogP contribution is -2.33. The maximum absolute atomic E-state index is 10.6. The monoisotopic (exact) mass is 353 g/mol. The Labute approximate surface area is 147 Å². The Morgan fingerprint density at radius 1 is 1.29 bits per heavy atom. The third kappa shape index (κ3) is 5.73. The molecule has 0 saturated carbocycles. The lowest BCUT2D eigenvalue weighted by atomic mass is 10.1. The highest BCUT2D eigenvalue weighted by Crippen LogP contribution is 2.37. The standard InChI is InChI=1S/C18H24ClNO4/c1-2-23-16-13-14(6-7-17(21)22)12-15(19)18(16)24-11-10-20-8-4-3-5-9-20/h6-7,12-13H,2-5,8-11H2,1H3,(H,21,22). The van der Waals surface area contributed by atoms with Crippen LogP contribution in [0.5, 0.6) is 11.5 Å². The number of halogens is 1. The number of carbonyl (C=O) groups is 1. The summed E-state index contributed by atoms with van der Waals surface area (Å²) >= 11 is 6.31. The van der Waals surface area contributed by atoms with Gasteiger partial charge < -0.3 is 14.6 Å². The van der Waals surface area contributed by atoms with Gasteiger partial charge in [0.1, 0.15) is 6.61 Å². The van der Waals surface area contributed by atoms with Gasteiger partial charge in [-0.3, -0.25) is 4.90 Å². The van der Waals surface area contributed by atoms with Crippen LogP contribution in [0.15, 0.2) is 18.2 Å². The fourth-order valence-corrected chi connectivity index (χ4v) is 2.99. The van der Waals surface area contributed by atoms with Crippen LogP contribution in [0.2, 0.25) is 5.02 Å². The van der Waals surface area contributed by atoms with Gasteiger partial charge in [0.2, 0.25) is 0 Å². The molecule has 2 rings (SSSR count). The zero-order chi connectivity index (χ0) is 17.4. The number of rotatable bonds is 8. The van der Waals surface area contributed by atoms with E-state index < -0.39 is 5.97 Å². The SMILES string of the molecule is CCOc1cc(C=CC(=O)O)cc(Cl)c1OCCN1CCCCC1. The van der Waals surface area contributed by atoms with Gasteiger partial charge in [-0.1, -0.05) is 18.0 Å². The molecule has 132 valence electrons. The highest BCUT2D eigenvalue weighted by Gasteiger charge is 2.14. The Kier molecular flexibility index (Phi) is 7.40. The van der Waals surface area contributed by atoms with Crippen LogP contribution >= 0.6 is 11.6 Å². The predicted octanol–water partition coefficient (Wildman–Crippen LogP) is 3.70. The molecule has 1 aromatic carbocycles. The van der Waals surface area contributed by atoms with E-state index in [1.807, 2.05) is 6.92 Å². The molecular formula is C18H24ClNO4. The van der Waals surface area contributed by atoms with Crippen molar-refractivity contribution in [1.82, 2.24) is 4.90 Å². The molecule has 0 spiro atoms. The van der Waals surface area contributed by atoms with Crippen LogP contribution in [0.25, 0.3) is 6.08 Å². The second kappa shape index (κ2) is 9.55. The van der Waals surface area contributed by atoms with Crippen molar-refractivity contribution in [3.63, 3.8) is 0 Å². The molecule has 0 amide bonds. The summed E-state index contributed by atoms with van der Waals surface area (Å²) in [6, 6.07) is 3.42. The summed E-state index contributed by atoms with van der Waals surface area (Å²) < 4.78 is 11.5. The summed E-state index contributed by atoms with van der Waals surface area (Å²) in [4.78, 5) is 13.0. The molecule has 0 bridgehead atoms. The number of carboxylic acid groups (broad SMARTS) is 1. The Balaban J connectivity index is 2.05. The molecule has 1 aliphatic heterocycles. The van der Waals surface area contributed by atoms with Crippen LogP contribution in [0.3, 0.4) is 0 Å². The van der Waals surface area contributed by atoms with E-state index in [-0.39, 0.29) is 0 Å². The first kappa shape index (κ1) is 18.6. The number of hydrogen-bond donors (Lipinski definition) is 1. The summed E-state index contributed by atoms with van der Waals surface area (Å²) in [7, 11) is 0. The molecule has 0 atom stereocenters. The second-order valence-corrected chi connectivity index (χ2v) is 6.09. The first-order valence-corrected chi connectivity index (χ1v) is 8.70. The van der Waals surface area contributed by atoms with Crippen LogP contribution in [-0.2, 0) is 4.79 Å². The molecule has 5 nitrogen and oxygen atoms in total. The lowest BCUT2D eigenvalue weighted by Gasteiger charge is -2.26. The number of ether oxygens (including phenoxy) is 2. The first-order valence-electron chi connectivity index (χ1n) is 8.32. The van der Waals surface area contributed by atoms with Gasteiger partial charge in [-0.05, 0) is 56.6 Å². The molecule has 1 aliphatic rings. The van der Waals surface area contributed by atoms with Crippen molar-refractivity contribution in [3.05, 3.63) is 28.8 Å². The van der Waals surface area contributed by atoms with E-state index in [2.05, 4.69) is 4.90 Å². The molecule has 6 heteroatoms. The van der Waals surface area contributed by atoms with Crippen molar-refractivity contribution in [2.45, 2.75) is 26.2 Å². The Hall–Kier alpha value is -1.72. The summed E-state index contributed by atoms with van der Waals surface area (Å²) in [5.41, 5.74) is 0.661. The molecule has 0 aromatic heterocycles. The Morgan fingerprint density at radius 2 is 2.04 bits per heavy atom. The summed E-state index contributed by atoms with van der Waals surface area (Å²) in [6.07, 6.45) is 6.35. The largest absolute Gasteiger partial charge is 0.490 e. The average molecular weight is 354 g/mol. The van der Waals surface area contributed by atoms with E-state index in [1.54, 1.807) is 12.1 Å². The number of aliphatic carboxylic acids is 1. The van der Waals surface area contributed by atoms with E-state index in [1.165, 1.54) is 25.3 Å². The zero-order valence-corrected chi connectivity index (χ0v) is 14.7. The van der Waals surface area contributed by atoms with Crippen molar-refractivity contribution in [2.24, 2.45) is 0 Å². The van der Waals surface area contributed by atoms with Crippen molar-refractivity contribution < 1.29 is 19.4 Å². The quantitative estimate of drug-likeness (QED) is 0.722. The minimum Gasteiger partial charge on any atom is -0.490 e. The number of likely N-dealkylation sites (tertiary alicyclic amines) is 1. The molecule has 1 saturated heterocycles. The minimum absolute atomic E-state index is 0.421. The van der Waals surface area contributed by atoms with Crippen LogP contribution < -0.4 is 9.47 Å². The average Bonchev–Trinajstić information content (AvgIpc) is 2.56. The number of hydrogen-bond acceptors (Lipinski definition) is 4. The van der Waals surface area contributed by atoms with Crippen LogP contribution in [0.1, 0.15) is 31.7 Å².